The molecule has 0 fully saturated rings. The first-order chi connectivity index (χ1) is 21.0. The third-order valence-corrected chi connectivity index (χ3v) is 7.40. The molecule has 0 bridgehead atoms. The van der Waals surface area contributed by atoms with E-state index in [2.05, 4.69) is 20.5 Å². The molecule has 2 aromatic heterocycles. The van der Waals surface area contributed by atoms with Crippen molar-refractivity contribution in [1.82, 2.24) is 10.3 Å². The molecule has 0 unspecified atom stereocenters. The van der Waals surface area contributed by atoms with Crippen molar-refractivity contribution in [3.05, 3.63) is 105 Å². The second-order valence-corrected chi connectivity index (χ2v) is 12.0. The van der Waals surface area contributed by atoms with Crippen LogP contribution in [0, 0.1) is 10.1 Å². The number of aliphatic hydroxyl groups excluding tert-OH is 1. The zero-order valence-electron chi connectivity index (χ0n) is 24.5. The van der Waals surface area contributed by atoms with E-state index < -0.39 is 34.9 Å². The maximum atomic E-state index is 12.6. The van der Waals surface area contributed by atoms with Gasteiger partial charge in [0.1, 0.15) is 25.0 Å². The fourth-order valence-corrected chi connectivity index (χ4v) is 5.27. The maximum absolute atomic E-state index is 12.6. The largest absolute Gasteiger partial charge is 0.457 e. The highest BCUT2D eigenvalue weighted by atomic mass is 32.1. The fraction of sp³-hybridized carbons (Fsp3) is 0.323. The summed E-state index contributed by atoms with van der Waals surface area (Å²) in [5.41, 5.74) is 1.81. The van der Waals surface area contributed by atoms with Gasteiger partial charge < -0.3 is 30.1 Å². The molecule has 13 heteroatoms. The maximum Gasteiger partial charge on any atom is 0.407 e. The number of ether oxygens (including phenoxy) is 2. The number of nitrogens with zero attached hydrogens (tertiary/aromatic N) is 2. The van der Waals surface area contributed by atoms with Crippen molar-refractivity contribution >= 4 is 38.5 Å². The molecule has 0 radical (unpaired) electrons. The minimum absolute atomic E-state index is 0.00518. The number of fused-ring (bicyclic) bond motifs is 1. The Bertz CT molecular complexity index is 1550. The minimum Gasteiger partial charge on any atom is -0.457 e. The molecule has 44 heavy (non-hydrogen) atoms. The van der Waals surface area contributed by atoms with Crippen LogP contribution in [0.2, 0.25) is 0 Å². The highest BCUT2D eigenvalue weighted by Gasteiger charge is 2.24. The van der Waals surface area contributed by atoms with Gasteiger partial charge in [-0.05, 0) is 73.5 Å². The number of rotatable bonds is 13. The summed E-state index contributed by atoms with van der Waals surface area (Å²) in [4.78, 5) is 43.9. The number of aromatic nitrogens is 1. The smallest absolute Gasteiger partial charge is 0.407 e. The molecular formula is C31H34N4O8S. The quantitative estimate of drug-likeness (QED) is 0.0757. The fourth-order valence-electron chi connectivity index (χ4n) is 4.31. The van der Waals surface area contributed by atoms with Crippen LogP contribution in [0.5, 0.6) is 0 Å². The summed E-state index contributed by atoms with van der Waals surface area (Å²) in [5, 5.41) is 28.4. The van der Waals surface area contributed by atoms with Gasteiger partial charge in [-0.25, -0.2) is 9.59 Å². The van der Waals surface area contributed by atoms with Crippen LogP contribution in [-0.4, -0.2) is 52.2 Å². The third kappa shape index (κ3) is 9.64. The number of thiophene rings is 1. The zero-order valence-corrected chi connectivity index (χ0v) is 25.3. The standard InChI is InChI=1S/C31H34N4O8S/c1-31(2,3)43-30(38)33-17-25(28(36)34-27-16-23-11-13-32-18-26(23)44-27)22-9-7-21(8-10-22)19-41-29(37)24-6-4-5-20(15-24)12-14-42-35(39)40/h4-11,13,15-16,18,25,28,34,36H,12,14,17,19H2,1-3H3,(H,33,38)/t25-,28+/m1/s1. The van der Waals surface area contributed by atoms with Crippen molar-refractivity contribution in [2.24, 2.45) is 0 Å². The first kappa shape index (κ1) is 32.2. The zero-order chi connectivity index (χ0) is 31.7. The summed E-state index contributed by atoms with van der Waals surface area (Å²) < 4.78 is 11.8. The van der Waals surface area contributed by atoms with Crippen molar-refractivity contribution in [1.29, 1.82) is 0 Å². The Hall–Kier alpha value is -4.75. The molecule has 232 valence electrons. The van der Waals surface area contributed by atoms with Crippen molar-refractivity contribution in [2.45, 2.75) is 51.5 Å². The topological polar surface area (TPSA) is 162 Å². The van der Waals surface area contributed by atoms with Crippen LogP contribution in [0.25, 0.3) is 10.1 Å². The number of nitrogens with one attached hydrogen (secondary N) is 2. The predicted octanol–water partition coefficient (Wildman–Crippen LogP) is 5.44. The van der Waals surface area contributed by atoms with E-state index in [0.717, 1.165) is 26.2 Å². The van der Waals surface area contributed by atoms with E-state index in [0.29, 0.717) is 11.1 Å². The lowest BCUT2D eigenvalue weighted by Gasteiger charge is -2.26. The van der Waals surface area contributed by atoms with Gasteiger partial charge in [-0.1, -0.05) is 36.4 Å². The Labute approximate surface area is 258 Å². The molecule has 0 spiro atoms. The summed E-state index contributed by atoms with van der Waals surface area (Å²) >= 11 is 1.46. The summed E-state index contributed by atoms with van der Waals surface area (Å²) in [6, 6.07) is 17.6. The molecule has 0 aliphatic carbocycles. The van der Waals surface area contributed by atoms with Crippen LogP contribution in [0.15, 0.2) is 73.1 Å². The molecule has 0 saturated heterocycles. The van der Waals surface area contributed by atoms with Gasteiger partial charge in [-0.2, -0.15) is 0 Å². The molecule has 2 aromatic carbocycles. The summed E-state index contributed by atoms with van der Waals surface area (Å²) in [6.45, 7) is 5.30. The number of pyridine rings is 1. The Morgan fingerprint density at radius 2 is 1.86 bits per heavy atom. The number of hydrogen-bond acceptors (Lipinski definition) is 11. The molecule has 2 atom stereocenters. The van der Waals surface area contributed by atoms with Gasteiger partial charge in [-0.15, -0.1) is 21.5 Å². The molecule has 1 amide bonds. The van der Waals surface area contributed by atoms with Gasteiger partial charge in [0, 0.05) is 24.9 Å². The van der Waals surface area contributed by atoms with E-state index in [4.69, 9.17) is 9.47 Å². The molecule has 0 saturated carbocycles. The van der Waals surface area contributed by atoms with E-state index in [1.54, 1.807) is 81.7 Å². The monoisotopic (exact) mass is 622 g/mol. The van der Waals surface area contributed by atoms with Crippen molar-refractivity contribution in [2.75, 3.05) is 18.5 Å². The average Bonchev–Trinajstić information content (AvgIpc) is 3.38. The van der Waals surface area contributed by atoms with Crippen LogP contribution in [-0.2, 0) is 27.3 Å². The SMILES string of the molecule is CC(C)(C)OC(=O)NC[C@H](c1ccc(COC(=O)c2cccc(CCO[N+](=O)[O-])c2)cc1)[C@H](O)Nc1cc2ccncc2s1. The summed E-state index contributed by atoms with van der Waals surface area (Å²) in [5.74, 6) is -1.09. The Morgan fingerprint density at radius 1 is 1.09 bits per heavy atom. The molecule has 12 nitrogen and oxygen atoms in total. The predicted molar refractivity (Wildman–Crippen MR) is 165 cm³/mol. The van der Waals surface area contributed by atoms with Gasteiger partial charge in [-0.3, -0.25) is 4.98 Å². The van der Waals surface area contributed by atoms with Gasteiger partial charge in [0.15, 0.2) is 0 Å². The highest BCUT2D eigenvalue weighted by Crippen LogP contribution is 2.31. The Morgan fingerprint density at radius 3 is 2.57 bits per heavy atom. The minimum atomic E-state index is -1.06. The molecule has 3 N–H and O–H groups in total. The number of carbonyl (C=O) groups excluding carboxylic acids is 2. The van der Waals surface area contributed by atoms with Crippen LogP contribution in [0.3, 0.4) is 0 Å². The lowest BCUT2D eigenvalue weighted by molar-refractivity contribution is -0.757. The molecule has 4 rings (SSSR count). The van der Waals surface area contributed by atoms with Gasteiger partial charge in [0.2, 0.25) is 0 Å². The number of benzene rings is 2. The Kier molecular flexibility index (Phi) is 10.7. The van der Waals surface area contributed by atoms with Gasteiger partial charge >= 0.3 is 12.1 Å². The highest BCUT2D eigenvalue weighted by molar-refractivity contribution is 7.22. The normalized spacial score (nSPS) is 12.6. The van der Waals surface area contributed by atoms with Crippen LogP contribution < -0.4 is 10.6 Å². The average molecular weight is 623 g/mol. The van der Waals surface area contributed by atoms with Crippen molar-refractivity contribution < 1.29 is 34.1 Å². The Balaban J connectivity index is 1.41. The summed E-state index contributed by atoms with van der Waals surface area (Å²) in [6.07, 6.45) is 2.08. The first-order valence-electron chi connectivity index (χ1n) is 13.8. The molecule has 4 aromatic rings. The van der Waals surface area contributed by atoms with Crippen molar-refractivity contribution in [3.63, 3.8) is 0 Å². The lowest BCUT2D eigenvalue weighted by Crippen LogP contribution is -2.39. The number of amides is 1. The second-order valence-electron chi connectivity index (χ2n) is 10.9. The number of hydrogen-bond donors (Lipinski definition) is 3. The molecule has 0 aliphatic rings. The van der Waals surface area contributed by atoms with E-state index in [1.807, 2.05) is 12.1 Å². The number of anilines is 1. The molecule has 0 aliphatic heterocycles. The van der Waals surface area contributed by atoms with Gasteiger partial charge in [0.25, 0.3) is 5.09 Å². The lowest BCUT2D eigenvalue weighted by atomic mass is 9.96. The van der Waals surface area contributed by atoms with E-state index in [9.17, 15) is 24.8 Å². The second kappa shape index (κ2) is 14.6. The van der Waals surface area contributed by atoms with E-state index >= 15 is 0 Å². The third-order valence-electron chi connectivity index (χ3n) is 6.39. The van der Waals surface area contributed by atoms with E-state index in [1.165, 1.54) is 11.3 Å². The van der Waals surface area contributed by atoms with Crippen LogP contribution in [0.1, 0.15) is 53.7 Å². The number of alkyl carbamates (subject to hydrolysis) is 1. The van der Waals surface area contributed by atoms with E-state index in [-0.39, 0.29) is 26.2 Å². The van der Waals surface area contributed by atoms with Crippen LogP contribution >= 0.6 is 11.3 Å². The molecule has 2 heterocycles. The number of esters is 1. The number of aliphatic hydroxyl groups is 1. The number of carbonyl (C=O) groups is 2. The van der Waals surface area contributed by atoms with Crippen molar-refractivity contribution in [3.8, 4) is 0 Å². The van der Waals surface area contributed by atoms with Gasteiger partial charge in [0.05, 0.1) is 15.3 Å². The molecular weight excluding hydrogens is 588 g/mol. The van der Waals surface area contributed by atoms with Crippen LogP contribution in [0.4, 0.5) is 9.80 Å². The first-order valence-corrected chi connectivity index (χ1v) is 14.7. The summed E-state index contributed by atoms with van der Waals surface area (Å²) in [7, 11) is 0.